The lowest BCUT2D eigenvalue weighted by molar-refractivity contribution is 0.170. The summed E-state index contributed by atoms with van der Waals surface area (Å²) in [6.45, 7) is 10.3. The van der Waals surface area contributed by atoms with E-state index in [2.05, 4.69) is 28.0 Å². The maximum Gasteiger partial charge on any atom is 0.142 e. The number of benzene rings is 3. The van der Waals surface area contributed by atoms with Crippen molar-refractivity contribution in [2.24, 2.45) is 4.99 Å². The van der Waals surface area contributed by atoms with E-state index in [0.29, 0.717) is 57.2 Å². The quantitative estimate of drug-likeness (QED) is 0.0486. The standard InChI is InChI=1S/C39H46Cl2N4O6/c1-26(18-42)15-28(19-43-3)24-50-37-17-38(35(40)16-30(37)20-44-31(22-46)23-47)51-25-29-7-4-8-33(27(29)2)34-9-5-10-36(39(34)41)49-14-6-12-45-13-11-32(48)21-45/h4-5,7-10,15-17,19,31-32,44,46-48H,3,6,11-14,20-25H2,1-2H3/b26-15+,28-19+/t32-/m1/s1. The van der Waals surface area contributed by atoms with Crippen LogP contribution in [0.2, 0.25) is 10.0 Å². The van der Waals surface area contributed by atoms with Gasteiger partial charge >= 0.3 is 0 Å². The zero-order valence-corrected chi connectivity index (χ0v) is 30.6. The molecule has 1 saturated heterocycles. The number of β-amino-alcohol motifs (C(OH)–C–C–N with tert-alkyl or cyclic N) is 1. The van der Waals surface area contributed by atoms with Gasteiger partial charge in [-0.3, -0.25) is 4.99 Å². The van der Waals surface area contributed by atoms with E-state index in [4.69, 9.17) is 37.4 Å². The predicted molar refractivity (Wildman–Crippen MR) is 202 cm³/mol. The number of hydrogen-bond donors (Lipinski definition) is 4. The number of nitriles is 1. The summed E-state index contributed by atoms with van der Waals surface area (Å²) < 4.78 is 18.5. The zero-order valence-electron chi connectivity index (χ0n) is 29.1. The molecule has 10 nitrogen and oxygen atoms in total. The SMILES string of the molecule is C=N/C=C(\C=C(/C)C#N)COc1cc(OCc2cccc(-c3cccc(OCCCN4CC[C@@H](O)C4)c3Cl)c2C)c(Cl)cc1CNC(CO)CO. The van der Waals surface area contributed by atoms with Crippen molar-refractivity contribution in [3.63, 3.8) is 0 Å². The lowest BCUT2D eigenvalue weighted by Gasteiger charge is -2.19. The van der Waals surface area contributed by atoms with Gasteiger partial charge in [-0.2, -0.15) is 5.26 Å². The summed E-state index contributed by atoms with van der Waals surface area (Å²) in [4.78, 5) is 6.07. The number of allylic oxidation sites excluding steroid dienone is 1. The molecule has 1 atom stereocenters. The molecule has 4 rings (SSSR count). The highest BCUT2D eigenvalue weighted by Crippen LogP contribution is 2.38. The molecule has 0 spiro atoms. The molecule has 0 radical (unpaired) electrons. The number of aliphatic imine (C=N–C) groups is 1. The lowest BCUT2D eigenvalue weighted by Crippen LogP contribution is -2.35. The van der Waals surface area contributed by atoms with E-state index < -0.39 is 6.04 Å². The fourth-order valence-electron chi connectivity index (χ4n) is 5.71. The van der Waals surface area contributed by atoms with Gasteiger partial charge < -0.3 is 39.7 Å². The molecule has 0 amide bonds. The van der Waals surface area contributed by atoms with Crippen molar-refractivity contribution < 1.29 is 29.5 Å². The third kappa shape index (κ3) is 11.5. The molecule has 3 aromatic carbocycles. The maximum atomic E-state index is 9.76. The molecule has 0 aliphatic carbocycles. The Morgan fingerprint density at radius 3 is 2.55 bits per heavy atom. The fourth-order valence-corrected chi connectivity index (χ4v) is 6.23. The highest BCUT2D eigenvalue weighted by molar-refractivity contribution is 6.35. The van der Waals surface area contributed by atoms with Crippen LogP contribution in [0.4, 0.5) is 0 Å². The van der Waals surface area contributed by atoms with Crippen LogP contribution in [0, 0.1) is 18.3 Å². The number of hydrogen-bond acceptors (Lipinski definition) is 10. The fraction of sp³-hybridized carbons (Fsp3) is 0.385. The third-order valence-corrected chi connectivity index (χ3v) is 9.26. The summed E-state index contributed by atoms with van der Waals surface area (Å²) in [5.41, 5.74) is 5.51. The number of aliphatic hydroxyl groups excluding tert-OH is 3. The van der Waals surface area contributed by atoms with Crippen LogP contribution in [0.5, 0.6) is 17.2 Å². The van der Waals surface area contributed by atoms with Crippen molar-refractivity contribution in [2.45, 2.75) is 52.0 Å². The minimum atomic E-state index is -0.527. The van der Waals surface area contributed by atoms with Crippen LogP contribution in [0.25, 0.3) is 11.1 Å². The van der Waals surface area contributed by atoms with E-state index >= 15 is 0 Å². The Bertz CT molecular complexity index is 1740. The molecule has 1 aliphatic rings. The van der Waals surface area contributed by atoms with Gasteiger partial charge in [-0.05, 0) is 68.3 Å². The second-order valence-corrected chi connectivity index (χ2v) is 13.2. The predicted octanol–water partition coefficient (Wildman–Crippen LogP) is 6.26. The van der Waals surface area contributed by atoms with Gasteiger partial charge in [0, 0.05) is 60.7 Å². The van der Waals surface area contributed by atoms with Crippen molar-refractivity contribution in [3.8, 4) is 34.4 Å². The average Bonchev–Trinajstić information content (AvgIpc) is 3.55. The van der Waals surface area contributed by atoms with Gasteiger partial charge in [-0.1, -0.05) is 53.5 Å². The van der Waals surface area contributed by atoms with Crippen molar-refractivity contribution >= 4 is 29.9 Å². The number of rotatable bonds is 19. The summed E-state index contributed by atoms with van der Waals surface area (Å²) in [7, 11) is 0. The van der Waals surface area contributed by atoms with E-state index in [1.54, 1.807) is 25.1 Å². The van der Waals surface area contributed by atoms with Crippen molar-refractivity contribution in [3.05, 3.63) is 98.7 Å². The Kier molecular flexibility index (Phi) is 15.8. The van der Waals surface area contributed by atoms with Crippen LogP contribution in [0.1, 0.15) is 36.5 Å². The maximum absolute atomic E-state index is 9.76. The number of halogens is 2. The van der Waals surface area contributed by atoms with Crippen LogP contribution in [-0.4, -0.2) is 85.1 Å². The Labute approximate surface area is 310 Å². The second kappa shape index (κ2) is 20.2. The number of ether oxygens (including phenoxy) is 3. The first-order chi connectivity index (χ1) is 24.7. The molecule has 0 unspecified atom stereocenters. The molecule has 1 fully saturated rings. The molecule has 1 heterocycles. The van der Waals surface area contributed by atoms with E-state index in [0.717, 1.165) is 48.2 Å². The monoisotopic (exact) mass is 736 g/mol. The Hall–Kier alpha value is -3.92. The van der Waals surface area contributed by atoms with Gasteiger partial charge in [0.2, 0.25) is 0 Å². The Balaban J connectivity index is 1.51. The van der Waals surface area contributed by atoms with Gasteiger partial charge in [-0.25, -0.2) is 0 Å². The summed E-state index contributed by atoms with van der Waals surface area (Å²) in [5.74, 6) is 1.48. The minimum Gasteiger partial charge on any atom is -0.492 e. The van der Waals surface area contributed by atoms with E-state index in [9.17, 15) is 20.6 Å². The summed E-state index contributed by atoms with van der Waals surface area (Å²) >= 11 is 13.6. The van der Waals surface area contributed by atoms with E-state index in [1.807, 2.05) is 43.3 Å². The van der Waals surface area contributed by atoms with Gasteiger partial charge in [0.25, 0.3) is 0 Å². The van der Waals surface area contributed by atoms with Crippen LogP contribution < -0.4 is 19.5 Å². The van der Waals surface area contributed by atoms with Crippen molar-refractivity contribution in [1.29, 1.82) is 5.26 Å². The molecule has 51 heavy (non-hydrogen) atoms. The summed E-state index contributed by atoms with van der Waals surface area (Å²) in [6.07, 6.45) is 4.60. The molecule has 0 bridgehead atoms. The number of nitrogens with zero attached hydrogens (tertiary/aromatic N) is 3. The topological polar surface area (TPSA) is 140 Å². The zero-order chi connectivity index (χ0) is 36.8. The van der Waals surface area contributed by atoms with Crippen LogP contribution in [-0.2, 0) is 13.2 Å². The molecule has 4 N–H and O–H groups in total. The molecule has 12 heteroatoms. The van der Waals surface area contributed by atoms with Gasteiger partial charge in [0.15, 0.2) is 0 Å². The normalized spacial score (nSPS) is 15.2. The number of likely N-dealkylation sites (tertiary alicyclic amines) is 1. The molecule has 1 aliphatic heterocycles. The number of nitrogens with one attached hydrogen (secondary N) is 1. The summed E-state index contributed by atoms with van der Waals surface area (Å²) in [6, 6.07) is 16.7. The first-order valence-corrected chi connectivity index (χ1v) is 17.6. The highest BCUT2D eigenvalue weighted by atomic mass is 35.5. The van der Waals surface area contributed by atoms with Crippen LogP contribution >= 0.6 is 23.2 Å². The molecular formula is C39H46Cl2N4O6. The van der Waals surface area contributed by atoms with Crippen LogP contribution in [0.3, 0.4) is 0 Å². The van der Waals surface area contributed by atoms with Crippen LogP contribution in [0.15, 0.2) is 76.9 Å². The van der Waals surface area contributed by atoms with Crippen molar-refractivity contribution in [1.82, 2.24) is 10.2 Å². The molecule has 272 valence electrons. The average molecular weight is 738 g/mol. The smallest absolute Gasteiger partial charge is 0.142 e. The molecular weight excluding hydrogens is 691 g/mol. The second-order valence-electron chi connectivity index (χ2n) is 12.4. The third-order valence-electron chi connectivity index (χ3n) is 8.57. The van der Waals surface area contributed by atoms with Gasteiger partial charge in [0.1, 0.15) is 30.5 Å². The minimum absolute atomic E-state index is 0.0861. The lowest BCUT2D eigenvalue weighted by atomic mass is 9.96. The largest absolute Gasteiger partial charge is 0.492 e. The van der Waals surface area contributed by atoms with E-state index in [-0.39, 0.29) is 39.1 Å². The van der Waals surface area contributed by atoms with Gasteiger partial charge in [0.05, 0.1) is 48.1 Å². The number of aliphatic hydroxyl groups is 3. The first-order valence-electron chi connectivity index (χ1n) is 16.8. The summed E-state index contributed by atoms with van der Waals surface area (Å²) in [5, 5.41) is 42.1. The molecule has 0 aromatic heterocycles. The Morgan fingerprint density at radius 1 is 1.08 bits per heavy atom. The molecule has 0 saturated carbocycles. The first kappa shape index (κ1) is 39.9. The highest BCUT2D eigenvalue weighted by Gasteiger charge is 2.20. The Morgan fingerprint density at radius 2 is 1.84 bits per heavy atom. The van der Waals surface area contributed by atoms with E-state index in [1.165, 1.54) is 6.20 Å². The van der Waals surface area contributed by atoms with Crippen molar-refractivity contribution in [2.75, 3.05) is 46.1 Å². The van der Waals surface area contributed by atoms with Gasteiger partial charge in [-0.15, -0.1) is 0 Å². The molecule has 3 aromatic rings.